The first-order valence-electron chi connectivity index (χ1n) is 6.23. The Morgan fingerprint density at radius 3 is 3.18 bits per heavy atom. The summed E-state index contributed by atoms with van der Waals surface area (Å²) in [5.41, 5.74) is 1.17. The Hall–Kier alpha value is -0.260. The molecule has 2 rings (SSSR count). The van der Waals surface area contributed by atoms with Gasteiger partial charge < -0.3 is 10.2 Å². The normalized spacial score (nSPS) is 22.8. The number of hydrogen-bond acceptors (Lipinski definition) is 5. The maximum Gasteiger partial charge on any atom is 0.185 e. The topological polar surface area (TPSA) is 28.2 Å². The van der Waals surface area contributed by atoms with Crippen molar-refractivity contribution in [2.75, 3.05) is 30.8 Å². The summed E-state index contributed by atoms with van der Waals surface area (Å²) in [7, 11) is 1.98. The van der Waals surface area contributed by atoms with Gasteiger partial charge in [0.05, 0.1) is 5.69 Å². The summed E-state index contributed by atoms with van der Waals surface area (Å²) in [6.45, 7) is 6.72. The van der Waals surface area contributed by atoms with Crippen LogP contribution in [0.2, 0.25) is 0 Å². The lowest BCUT2D eigenvalue weighted by atomic mass is 10.3. The summed E-state index contributed by atoms with van der Waals surface area (Å²) < 4.78 is 0. The Kier molecular flexibility index (Phi) is 4.70. The number of nitrogens with zero attached hydrogens (tertiary/aromatic N) is 2. The monoisotopic (exact) mass is 271 g/mol. The van der Waals surface area contributed by atoms with E-state index in [4.69, 9.17) is 4.98 Å². The van der Waals surface area contributed by atoms with Crippen LogP contribution in [-0.4, -0.2) is 36.1 Å². The molecule has 96 valence electrons. The van der Waals surface area contributed by atoms with Crippen LogP contribution in [0.4, 0.5) is 5.13 Å². The van der Waals surface area contributed by atoms with Crippen molar-refractivity contribution in [2.24, 2.45) is 0 Å². The molecule has 2 heterocycles. The first-order valence-corrected chi connectivity index (χ1v) is 8.16. The zero-order valence-electron chi connectivity index (χ0n) is 10.8. The fourth-order valence-electron chi connectivity index (χ4n) is 1.91. The molecule has 0 spiro atoms. The van der Waals surface area contributed by atoms with Gasteiger partial charge in [-0.2, -0.15) is 11.8 Å². The third-order valence-electron chi connectivity index (χ3n) is 3.25. The van der Waals surface area contributed by atoms with Crippen molar-refractivity contribution in [3.63, 3.8) is 0 Å². The average molecular weight is 271 g/mol. The van der Waals surface area contributed by atoms with Crippen LogP contribution < -0.4 is 10.2 Å². The van der Waals surface area contributed by atoms with Crippen molar-refractivity contribution in [1.29, 1.82) is 0 Å². The molecule has 1 aliphatic heterocycles. The van der Waals surface area contributed by atoms with Crippen molar-refractivity contribution in [3.8, 4) is 0 Å². The predicted octanol–water partition coefficient (Wildman–Crippen LogP) is 2.76. The van der Waals surface area contributed by atoms with Crippen LogP contribution in [0.15, 0.2) is 5.38 Å². The van der Waals surface area contributed by atoms with E-state index in [1.54, 1.807) is 11.3 Å². The molecule has 1 fully saturated rings. The van der Waals surface area contributed by atoms with E-state index >= 15 is 0 Å². The van der Waals surface area contributed by atoms with Crippen LogP contribution in [0.5, 0.6) is 0 Å². The van der Waals surface area contributed by atoms with Gasteiger partial charge in [0.2, 0.25) is 0 Å². The van der Waals surface area contributed by atoms with Crippen LogP contribution in [0.1, 0.15) is 32.0 Å². The lowest BCUT2D eigenvalue weighted by Crippen LogP contribution is -2.37. The maximum atomic E-state index is 4.75. The van der Waals surface area contributed by atoms with Crippen molar-refractivity contribution >= 4 is 28.2 Å². The van der Waals surface area contributed by atoms with E-state index < -0.39 is 0 Å². The Bertz CT molecular complexity index is 353. The molecule has 0 aliphatic carbocycles. The molecule has 1 aliphatic rings. The summed E-state index contributed by atoms with van der Waals surface area (Å²) in [6, 6.07) is 0.348. The lowest BCUT2D eigenvalue weighted by molar-refractivity contribution is 0.634. The van der Waals surface area contributed by atoms with Gasteiger partial charge in [-0.05, 0) is 20.4 Å². The van der Waals surface area contributed by atoms with Crippen LogP contribution in [0.3, 0.4) is 0 Å². The van der Waals surface area contributed by atoms with Crippen molar-refractivity contribution in [2.45, 2.75) is 31.6 Å². The Labute approximate surface area is 112 Å². The molecule has 2 atom stereocenters. The van der Waals surface area contributed by atoms with Gasteiger partial charge in [-0.25, -0.2) is 4.98 Å². The highest BCUT2D eigenvalue weighted by molar-refractivity contribution is 8.00. The number of thioether (sulfide) groups is 1. The van der Waals surface area contributed by atoms with Crippen molar-refractivity contribution in [1.82, 2.24) is 10.3 Å². The second-order valence-electron chi connectivity index (χ2n) is 4.41. The zero-order valence-corrected chi connectivity index (χ0v) is 12.4. The van der Waals surface area contributed by atoms with E-state index in [1.807, 2.05) is 7.05 Å². The zero-order chi connectivity index (χ0) is 12.3. The first-order chi connectivity index (χ1) is 8.24. The van der Waals surface area contributed by atoms with E-state index in [0.717, 1.165) is 18.3 Å². The highest BCUT2D eigenvalue weighted by Gasteiger charge is 2.21. The largest absolute Gasteiger partial charge is 0.346 e. The van der Waals surface area contributed by atoms with E-state index in [2.05, 4.69) is 41.2 Å². The minimum absolute atomic E-state index is 0.348. The van der Waals surface area contributed by atoms with Crippen LogP contribution >= 0.6 is 23.1 Å². The fraction of sp³-hybridized carbons (Fsp3) is 0.750. The molecule has 1 aromatic heterocycles. The standard InChI is InChI=1S/C12H21N3S2/c1-4-10-7-15(5-6-16-10)12-14-11(8-17-12)9(2)13-3/h8-10,13H,4-7H2,1-3H3. The Balaban J connectivity index is 2.04. The summed E-state index contributed by atoms with van der Waals surface area (Å²) in [6.07, 6.45) is 1.26. The molecule has 0 radical (unpaired) electrons. The van der Waals surface area contributed by atoms with Crippen LogP contribution in [-0.2, 0) is 0 Å². The fourth-order valence-corrected chi connectivity index (χ4v) is 4.04. The van der Waals surface area contributed by atoms with E-state index in [0.29, 0.717) is 6.04 Å². The van der Waals surface area contributed by atoms with Crippen molar-refractivity contribution < 1.29 is 0 Å². The van der Waals surface area contributed by atoms with Gasteiger partial charge in [-0.3, -0.25) is 0 Å². The van der Waals surface area contributed by atoms with Crippen LogP contribution in [0, 0.1) is 0 Å². The smallest absolute Gasteiger partial charge is 0.185 e. The second-order valence-corrected chi connectivity index (χ2v) is 6.66. The van der Waals surface area contributed by atoms with Gasteiger partial charge in [0.15, 0.2) is 5.13 Å². The number of rotatable bonds is 4. The maximum absolute atomic E-state index is 4.75. The minimum Gasteiger partial charge on any atom is -0.346 e. The molecular formula is C12H21N3S2. The summed E-state index contributed by atoms with van der Waals surface area (Å²) in [4.78, 5) is 7.19. The van der Waals surface area contributed by atoms with E-state index in [-0.39, 0.29) is 0 Å². The van der Waals surface area contributed by atoms with Gasteiger partial charge in [0.1, 0.15) is 0 Å². The molecule has 1 N–H and O–H groups in total. The Morgan fingerprint density at radius 1 is 1.65 bits per heavy atom. The third kappa shape index (κ3) is 3.14. The highest BCUT2D eigenvalue weighted by atomic mass is 32.2. The molecule has 0 saturated carbocycles. The summed E-state index contributed by atoms with van der Waals surface area (Å²) >= 11 is 3.88. The summed E-state index contributed by atoms with van der Waals surface area (Å²) in [5, 5.41) is 7.39. The SMILES string of the molecule is CCC1CN(c2nc(C(C)NC)cs2)CCS1. The quantitative estimate of drug-likeness (QED) is 0.911. The molecule has 0 aromatic carbocycles. The Morgan fingerprint density at radius 2 is 2.47 bits per heavy atom. The van der Waals surface area contributed by atoms with Crippen molar-refractivity contribution in [3.05, 3.63) is 11.1 Å². The number of thiazole rings is 1. The molecule has 2 unspecified atom stereocenters. The molecule has 5 heteroatoms. The number of hydrogen-bond donors (Lipinski definition) is 1. The van der Waals surface area contributed by atoms with Gasteiger partial charge >= 0.3 is 0 Å². The number of anilines is 1. The molecule has 1 saturated heterocycles. The lowest BCUT2D eigenvalue weighted by Gasteiger charge is -2.31. The predicted molar refractivity (Wildman–Crippen MR) is 78.3 cm³/mol. The van der Waals surface area contributed by atoms with E-state index in [1.165, 1.54) is 23.0 Å². The summed E-state index contributed by atoms with van der Waals surface area (Å²) in [5.74, 6) is 1.23. The number of aromatic nitrogens is 1. The molecule has 1 aromatic rings. The van der Waals surface area contributed by atoms with Gasteiger partial charge in [-0.1, -0.05) is 6.92 Å². The van der Waals surface area contributed by atoms with Crippen LogP contribution in [0.25, 0.3) is 0 Å². The van der Waals surface area contributed by atoms with Gasteiger partial charge in [0, 0.05) is 35.5 Å². The molecule has 3 nitrogen and oxygen atoms in total. The number of nitrogens with one attached hydrogen (secondary N) is 1. The third-order valence-corrected chi connectivity index (χ3v) is 5.54. The molecule has 17 heavy (non-hydrogen) atoms. The molecule has 0 amide bonds. The first kappa shape index (κ1) is 13.2. The van der Waals surface area contributed by atoms with Gasteiger partial charge in [-0.15, -0.1) is 11.3 Å². The second kappa shape index (κ2) is 6.07. The minimum atomic E-state index is 0.348. The highest BCUT2D eigenvalue weighted by Crippen LogP contribution is 2.29. The van der Waals surface area contributed by atoms with Gasteiger partial charge in [0.25, 0.3) is 0 Å². The average Bonchev–Trinajstić information content (AvgIpc) is 2.87. The van der Waals surface area contributed by atoms with E-state index in [9.17, 15) is 0 Å². The molecule has 0 bridgehead atoms. The molecular weight excluding hydrogens is 250 g/mol.